The molecule has 1 N–H and O–H groups in total. The van der Waals surface area contributed by atoms with E-state index in [4.69, 9.17) is 51.1 Å². The fourth-order valence-electron chi connectivity index (χ4n) is 10.9. The Morgan fingerprint density at radius 2 is 0.821 bits per heavy atom. The molecule has 0 saturated carbocycles. The van der Waals surface area contributed by atoms with Crippen LogP contribution in [-0.4, -0.2) is 50.6 Å². The number of alkyl halides is 4. The predicted octanol–water partition coefficient (Wildman–Crippen LogP) is 11.1. The van der Waals surface area contributed by atoms with Crippen LogP contribution in [-0.2, 0) is 10.3 Å². The van der Waals surface area contributed by atoms with E-state index in [0.717, 1.165) is 6.42 Å². The first-order valence-corrected chi connectivity index (χ1v) is 23.6. The topological polar surface area (TPSA) is 24.5 Å². The van der Waals surface area contributed by atoms with E-state index in [2.05, 4.69) is 37.9 Å². The second-order valence-electron chi connectivity index (χ2n) is 19.4. The Kier molecular flexibility index (Phi) is 20.7. The van der Waals surface area contributed by atoms with Crippen molar-refractivity contribution in [2.75, 3.05) is 17.2 Å². The number of piperidine rings is 2. The van der Waals surface area contributed by atoms with E-state index in [1.54, 1.807) is 36.4 Å². The van der Waals surface area contributed by atoms with Gasteiger partial charge in [0.2, 0.25) is 0 Å². The molecule has 0 aromatic heterocycles. The molecular weight excluding hydrogens is 970 g/mol. The summed E-state index contributed by atoms with van der Waals surface area (Å²) < 4.78 is 160. The Morgan fingerprint density at radius 1 is 0.522 bits per heavy atom. The van der Waals surface area contributed by atoms with Gasteiger partial charge < -0.3 is 9.97 Å². The smallest absolute Gasteiger partial charge is 0.572 e. The van der Waals surface area contributed by atoms with Gasteiger partial charge in [0.25, 0.3) is 0 Å². The van der Waals surface area contributed by atoms with Crippen molar-refractivity contribution in [2.24, 2.45) is 0 Å². The van der Waals surface area contributed by atoms with Crippen molar-refractivity contribution >= 4 is 63.7 Å². The zero-order valence-electron chi connectivity index (χ0n) is 39.1. The molecule has 7 rings (SSSR count). The Labute approximate surface area is 420 Å². The van der Waals surface area contributed by atoms with Crippen LogP contribution in [0.1, 0.15) is 111 Å². The molecule has 19 heteroatoms. The van der Waals surface area contributed by atoms with Crippen molar-refractivity contribution < 1.29 is 67.4 Å². The van der Waals surface area contributed by atoms with E-state index < -0.39 is 97.9 Å². The molecule has 0 radical (unpaired) electrons. The van der Waals surface area contributed by atoms with Crippen LogP contribution in [0.25, 0.3) is 0 Å². The van der Waals surface area contributed by atoms with E-state index in [1.165, 1.54) is 43.5 Å². The molecule has 0 amide bonds. The van der Waals surface area contributed by atoms with Gasteiger partial charge in [0.1, 0.15) is 23.3 Å². The fraction of sp³-hybridized carbons (Fsp3) is 0.500. The number of benzene rings is 4. The van der Waals surface area contributed by atoms with Gasteiger partial charge in [0.05, 0.1) is 10.7 Å². The largest absolute Gasteiger partial charge is 1.00 e. The zero-order valence-corrected chi connectivity index (χ0v) is 42.2. The average molecular weight is 1030 g/mol. The summed E-state index contributed by atoms with van der Waals surface area (Å²) in [5, 5.41) is 4.02. The molecule has 3 aliphatic rings. The molecule has 4 aromatic carbocycles. The zero-order chi connectivity index (χ0) is 49.8. The van der Waals surface area contributed by atoms with E-state index >= 15 is 35.1 Å². The third-order valence-corrected chi connectivity index (χ3v) is 13.2. The van der Waals surface area contributed by atoms with Crippen LogP contribution in [0, 0.1) is 58.2 Å². The molecule has 3 nitrogen and oxygen atoms in total. The summed E-state index contributed by atoms with van der Waals surface area (Å²) in [5.41, 5.74) is -5.34. The monoisotopic (exact) mass is 1020 g/mol. The third-order valence-electron chi connectivity index (χ3n) is 13.2. The van der Waals surface area contributed by atoms with E-state index in [-0.39, 0.29) is 53.6 Å². The summed E-state index contributed by atoms with van der Waals surface area (Å²) in [6.07, 6.45) is 1.48. The summed E-state index contributed by atoms with van der Waals surface area (Å²) >= 11 is 19.1. The minimum atomic E-state index is -4.49. The Bertz CT molecular complexity index is 2100. The molecule has 0 unspecified atom stereocenters. The molecule has 3 saturated heterocycles. The molecule has 3 fully saturated rings. The van der Waals surface area contributed by atoms with Gasteiger partial charge in [0, 0.05) is 27.8 Å². The van der Waals surface area contributed by atoms with Crippen molar-refractivity contribution in [2.45, 2.75) is 134 Å². The van der Waals surface area contributed by atoms with Gasteiger partial charge in [0.15, 0.2) is 41.3 Å². The minimum Gasteiger partial charge on any atom is -0.572 e. The van der Waals surface area contributed by atoms with Crippen LogP contribution in [0.2, 0.25) is 5.82 Å². The Morgan fingerprint density at radius 3 is 1.12 bits per heavy atom. The molecule has 4 aromatic rings. The van der Waals surface area contributed by atoms with Crippen molar-refractivity contribution in [1.29, 1.82) is 0 Å². The van der Waals surface area contributed by atoms with Crippen LogP contribution < -0.4 is 35.1 Å². The Hall–Kier alpha value is -2.12. The maximum Gasteiger partial charge on any atom is 1.00 e. The molecule has 0 bridgehead atoms. The third kappa shape index (κ3) is 12.0. The maximum atomic E-state index is 16.1. The van der Waals surface area contributed by atoms with Crippen molar-refractivity contribution in [3.8, 4) is 0 Å². The molecule has 0 aliphatic carbocycles. The number of nitrogens with zero attached hydrogens (tertiary/aromatic N) is 1. The second-order valence-corrected chi connectivity index (χ2v) is 21.0. The summed E-state index contributed by atoms with van der Waals surface area (Å²) in [6, 6.07) is 15.7. The maximum absolute atomic E-state index is 16.1. The van der Waals surface area contributed by atoms with Crippen molar-refractivity contribution in [3.63, 3.8) is 0 Å². The second kappa shape index (κ2) is 23.4. The summed E-state index contributed by atoms with van der Waals surface area (Å²) in [5.74, 6) is -26.7. The first-order chi connectivity index (χ1) is 30.7. The standard InChI is InChI=1S/C37H33BF10NO.C9H19N.2CH2Cl2.Li/c1-35(2)17-11-18-36(3,4)49(35)19-16-22-37(20-12-7-5-8-13-20,21-14-9-6-10-15-21)50-38(22,23-25(39)29(43)33(47)30(44)26(23)40)24-27(41)31(45)34(48)32(46)28(24)42;1-8(2)6-5-7-9(3,4)10-8;2*2-1-3;/h5-10,12-15,22H,11,16-19H2,1-4H3;10H,5-7H2,1-4H3;2*1H2;/q-1;;;;+1/t22-;;;;/m1..../s1. The van der Waals surface area contributed by atoms with Gasteiger partial charge >= 0.3 is 18.9 Å². The number of halogens is 14. The molecule has 0 spiro atoms. The van der Waals surface area contributed by atoms with E-state index in [1.807, 2.05) is 27.7 Å². The van der Waals surface area contributed by atoms with Gasteiger partial charge in [-0.15, -0.1) is 46.4 Å². The minimum absolute atomic E-state index is 0. The molecular formula is C48H56BCl4F10LiN2O. The molecule has 1 atom stereocenters. The van der Waals surface area contributed by atoms with Gasteiger partial charge in [-0.3, -0.25) is 4.90 Å². The van der Waals surface area contributed by atoms with Crippen LogP contribution in [0.15, 0.2) is 60.7 Å². The van der Waals surface area contributed by atoms with Crippen molar-refractivity contribution in [3.05, 3.63) is 130 Å². The fourth-order valence-corrected chi connectivity index (χ4v) is 10.9. The number of hydrogen-bond acceptors (Lipinski definition) is 3. The van der Waals surface area contributed by atoms with Gasteiger partial charge in [-0.2, -0.15) is 0 Å². The van der Waals surface area contributed by atoms with Gasteiger partial charge in [-0.1, -0.05) is 83.8 Å². The van der Waals surface area contributed by atoms with Crippen molar-refractivity contribution in [1.82, 2.24) is 10.2 Å². The summed E-state index contributed by atoms with van der Waals surface area (Å²) in [7, 11) is 0. The van der Waals surface area contributed by atoms with E-state index in [9.17, 15) is 8.78 Å². The molecule has 67 heavy (non-hydrogen) atoms. The summed E-state index contributed by atoms with van der Waals surface area (Å²) in [6.45, 7) is 17.0. The number of nitrogens with one attached hydrogen (secondary N) is 1. The summed E-state index contributed by atoms with van der Waals surface area (Å²) in [4.78, 5) is 2.07. The van der Waals surface area contributed by atoms with Crippen LogP contribution in [0.3, 0.4) is 0 Å². The molecule has 3 aliphatic heterocycles. The predicted molar refractivity (Wildman–Crippen MR) is 248 cm³/mol. The molecule has 366 valence electrons. The number of likely N-dealkylation sites (tertiary alicyclic amines) is 1. The average Bonchev–Trinajstić information content (AvgIpc) is 3.23. The van der Waals surface area contributed by atoms with E-state index in [0.29, 0.717) is 23.9 Å². The number of rotatable bonds is 7. The van der Waals surface area contributed by atoms with Gasteiger partial charge in [-0.25, -0.2) is 43.9 Å². The van der Waals surface area contributed by atoms with Crippen LogP contribution in [0.4, 0.5) is 43.9 Å². The van der Waals surface area contributed by atoms with Crippen LogP contribution >= 0.6 is 46.4 Å². The normalized spacial score (nSPS) is 20.5. The van der Waals surface area contributed by atoms with Crippen LogP contribution in [0.5, 0.6) is 0 Å². The first-order valence-electron chi connectivity index (χ1n) is 21.5. The molecule has 3 heterocycles. The quantitative estimate of drug-likeness (QED) is 0.0656. The first kappa shape index (κ1) is 59.2. The van der Waals surface area contributed by atoms with Gasteiger partial charge in [-0.05, 0) is 112 Å². The SMILES string of the molecule is CC1(C)CCCC(C)(C)N1.CC1(C)CCCC(C)(C)N1CC[C@H]1[B-](c2c(F)c(F)c(F)c(F)c2F)(c2c(F)c(F)c(F)c(F)c2F)OC1(c1ccccc1)c1ccccc1.ClCCl.ClCCl.[Li+]. The Balaban J connectivity index is 0.000000599. The number of hydrogen-bond donors (Lipinski definition) is 1.